The lowest BCUT2D eigenvalue weighted by atomic mass is 10.1. The molecule has 0 aliphatic carbocycles. The minimum absolute atomic E-state index is 0.210. The van der Waals surface area contributed by atoms with E-state index in [0.29, 0.717) is 36.8 Å². The van der Waals surface area contributed by atoms with Crippen LogP contribution < -0.4 is 20.1 Å². The highest BCUT2D eigenvalue weighted by Gasteiger charge is 2.27. The van der Waals surface area contributed by atoms with Gasteiger partial charge in [-0.1, -0.05) is 12.1 Å². The molecule has 2 N–H and O–H groups in total. The van der Waals surface area contributed by atoms with Crippen molar-refractivity contribution < 1.29 is 19.1 Å². The summed E-state index contributed by atoms with van der Waals surface area (Å²) in [7, 11) is 0. The zero-order chi connectivity index (χ0) is 19.5. The number of ether oxygens (including phenoxy) is 2. The van der Waals surface area contributed by atoms with E-state index in [1.54, 1.807) is 6.08 Å². The molecule has 146 valence electrons. The van der Waals surface area contributed by atoms with Crippen LogP contribution in [-0.4, -0.2) is 34.7 Å². The molecule has 0 atom stereocenters. The van der Waals surface area contributed by atoms with Gasteiger partial charge >= 0.3 is 0 Å². The van der Waals surface area contributed by atoms with Crippen molar-refractivity contribution in [2.24, 2.45) is 0 Å². The highest BCUT2D eigenvalue weighted by atomic mass is 16.7. The summed E-state index contributed by atoms with van der Waals surface area (Å²) in [6.45, 7) is 5.18. The molecule has 28 heavy (non-hydrogen) atoms. The summed E-state index contributed by atoms with van der Waals surface area (Å²) >= 11 is 0. The maximum Gasteiger partial charge on any atom is 0.287 e. The Kier molecular flexibility index (Phi) is 5.01. The van der Waals surface area contributed by atoms with Crippen molar-refractivity contribution in [3.8, 4) is 11.5 Å². The summed E-state index contributed by atoms with van der Waals surface area (Å²) < 4.78 is 12.5. The smallest absolute Gasteiger partial charge is 0.287 e. The van der Waals surface area contributed by atoms with Crippen LogP contribution in [0.3, 0.4) is 0 Å². The highest BCUT2D eigenvalue weighted by Crippen LogP contribution is 2.32. The summed E-state index contributed by atoms with van der Waals surface area (Å²) in [5.41, 5.74) is 2.04. The number of rotatable bonds is 6. The van der Waals surface area contributed by atoms with Crippen LogP contribution in [0, 0.1) is 0 Å². The van der Waals surface area contributed by atoms with Crippen LogP contribution in [0.4, 0.5) is 0 Å². The molecule has 1 aromatic carbocycles. The van der Waals surface area contributed by atoms with Crippen molar-refractivity contribution in [3.63, 3.8) is 0 Å². The second-order valence-corrected chi connectivity index (χ2v) is 6.71. The molecule has 0 bridgehead atoms. The Hall–Kier alpha value is -3.29. The predicted octanol–water partition coefficient (Wildman–Crippen LogP) is 1.79. The van der Waals surface area contributed by atoms with Gasteiger partial charge < -0.3 is 24.7 Å². The topological polar surface area (TPSA) is 94.5 Å². The Labute approximate surface area is 162 Å². The van der Waals surface area contributed by atoms with Gasteiger partial charge in [0.15, 0.2) is 17.3 Å². The van der Waals surface area contributed by atoms with E-state index in [-0.39, 0.29) is 24.4 Å². The summed E-state index contributed by atoms with van der Waals surface area (Å²) in [4.78, 5) is 29.6. The van der Waals surface area contributed by atoms with E-state index in [1.165, 1.54) is 0 Å². The minimum Gasteiger partial charge on any atom is -0.454 e. The first-order valence-corrected chi connectivity index (χ1v) is 9.32. The van der Waals surface area contributed by atoms with E-state index < -0.39 is 0 Å². The SMILES string of the molecule is C=CCNC(=O)c1nc(C(=O)NCc2ccc3c(c2)OCO3)n2c1CCCC2. The fourth-order valence-electron chi connectivity index (χ4n) is 3.46. The van der Waals surface area contributed by atoms with Gasteiger partial charge in [0.25, 0.3) is 11.8 Å². The van der Waals surface area contributed by atoms with Gasteiger partial charge in [-0.15, -0.1) is 6.58 Å². The van der Waals surface area contributed by atoms with Crippen LogP contribution in [0.25, 0.3) is 0 Å². The highest BCUT2D eigenvalue weighted by molar-refractivity contribution is 5.97. The molecule has 2 aliphatic heterocycles. The first-order chi connectivity index (χ1) is 13.7. The van der Waals surface area contributed by atoms with E-state index >= 15 is 0 Å². The number of hydrogen-bond donors (Lipinski definition) is 2. The van der Waals surface area contributed by atoms with Crippen LogP contribution in [-0.2, 0) is 19.5 Å². The third-order valence-electron chi connectivity index (χ3n) is 4.83. The van der Waals surface area contributed by atoms with Crippen LogP contribution in [0.1, 0.15) is 45.2 Å². The van der Waals surface area contributed by atoms with Crippen LogP contribution in [0.2, 0.25) is 0 Å². The monoisotopic (exact) mass is 382 g/mol. The zero-order valence-corrected chi connectivity index (χ0v) is 15.5. The molecule has 0 saturated heterocycles. The Morgan fingerprint density at radius 1 is 1.18 bits per heavy atom. The largest absolute Gasteiger partial charge is 0.454 e. The summed E-state index contributed by atoms with van der Waals surface area (Å²) in [5.74, 6) is 1.07. The van der Waals surface area contributed by atoms with Gasteiger partial charge in [-0.05, 0) is 37.0 Å². The molecule has 1 aromatic heterocycles. The zero-order valence-electron chi connectivity index (χ0n) is 15.5. The van der Waals surface area contributed by atoms with Gasteiger partial charge in [0.1, 0.15) is 5.69 Å². The molecule has 2 aliphatic rings. The van der Waals surface area contributed by atoms with E-state index in [9.17, 15) is 9.59 Å². The number of fused-ring (bicyclic) bond motifs is 2. The molecule has 0 saturated carbocycles. The molecule has 0 spiro atoms. The van der Waals surface area contributed by atoms with Crippen LogP contribution in [0.15, 0.2) is 30.9 Å². The molecule has 3 heterocycles. The van der Waals surface area contributed by atoms with Crippen molar-refractivity contribution in [2.75, 3.05) is 13.3 Å². The standard InChI is InChI=1S/C20H22N4O4/c1-2-8-21-19(25)17-14-5-3-4-9-24(14)18(23-17)20(26)22-11-13-6-7-15-16(10-13)28-12-27-15/h2,6-7,10H,1,3-5,8-9,11-12H2,(H,21,25)(H,22,26). The summed E-state index contributed by atoms with van der Waals surface area (Å²) in [6.07, 6.45) is 4.28. The number of aromatic nitrogens is 2. The van der Waals surface area contributed by atoms with Gasteiger partial charge in [0.05, 0.1) is 5.69 Å². The van der Waals surface area contributed by atoms with E-state index in [2.05, 4.69) is 22.2 Å². The number of hydrogen-bond acceptors (Lipinski definition) is 5. The lowest BCUT2D eigenvalue weighted by Gasteiger charge is -2.17. The molecule has 0 radical (unpaired) electrons. The maximum atomic E-state index is 12.8. The third kappa shape index (κ3) is 3.45. The number of nitrogens with zero attached hydrogens (tertiary/aromatic N) is 2. The fourth-order valence-corrected chi connectivity index (χ4v) is 3.46. The van der Waals surface area contributed by atoms with Crippen molar-refractivity contribution in [2.45, 2.75) is 32.4 Å². The Morgan fingerprint density at radius 2 is 2.04 bits per heavy atom. The number of benzene rings is 1. The summed E-state index contributed by atoms with van der Waals surface area (Å²) in [6, 6.07) is 5.55. The number of imidazole rings is 1. The molecule has 4 rings (SSSR count). The maximum absolute atomic E-state index is 12.8. The fraction of sp³-hybridized carbons (Fsp3) is 0.350. The van der Waals surface area contributed by atoms with E-state index in [0.717, 1.165) is 30.5 Å². The Balaban J connectivity index is 1.51. The average Bonchev–Trinajstić information content (AvgIpc) is 3.34. The molecular weight excluding hydrogens is 360 g/mol. The van der Waals surface area contributed by atoms with Crippen molar-refractivity contribution in [1.82, 2.24) is 20.2 Å². The van der Waals surface area contributed by atoms with Gasteiger partial charge in [-0.3, -0.25) is 9.59 Å². The average molecular weight is 382 g/mol. The lowest BCUT2D eigenvalue weighted by Crippen LogP contribution is -2.27. The van der Waals surface area contributed by atoms with Gasteiger partial charge in [-0.2, -0.15) is 0 Å². The summed E-state index contributed by atoms with van der Waals surface area (Å²) in [5, 5.41) is 5.63. The number of nitrogens with one attached hydrogen (secondary N) is 2. The quantitative estimate of drug-likeness (QED) is 0.743. The molecule has 0 fully saturated rings. The second kappa shape index (κ2) is 7.75. The number of carbonyl (C=O) groups excluding carboxylic acids is 2. The van der Waals surface area contributed by atoms with Crippen LogP contribution >= 0.6 is 0 Å². The van der Waals surface area contributed by atoms with Gasteiger partial charge in [0, 0.05) is 19.6 Å². The Bertz CT molecular complexity index is 935. The predicted molar refractivity (Wildman–Crippen MR) is 101 cm³/mol. The number of carbonyl (C=O) groups is 2. The van der Waals surface area contributed by atoms with Gasteiger partial charge in [0.2, 0.25) is 6.79 Å². The third-order valence-corrected chi connectivity index (χ3v) is 4.83. The molecule has 8 heteroatoms. The first-order valence-electron chi connectivity index (χ1n) is 9.32. The minimum atomic E-state index is -0.302. The molecular formula is C20H22N4O4. The second-order valence-electron chi connectivity index (χ2n) is 6.71. The molecule has 2 amide bonds. The van der Waals surface area contributed by atoms with Crippen molar-refractivity contribution in [3.05, 3.63) is 53.6 Å². The lowest BCUT2D eigenvalue weighted by molar-refractivity contribution is 0.0935. The van der Waals surface area contributed by atoms with Crippen molar-refractivity contribution in [1.29, 1.82) is 0 Å². The van der Waals surface area contributed by atoms with Gasteiger partial charge in [-0.25, -0.2) is 4.98 Å². The molecule has 2 aromatic rings. The number of amides is 2. The normalized spacial score (nSPS) is 14.3. The first kappa shape index (κ1) is 18.1. The molecule has 8 nitrogen and oxygen atoms in total. The van der Waals surface area contributed by atoms with E-state index in [4.69, 9.17) is 9.47 Å². The molecule has 0 unspecified atom stereocenters. The van der Waals surface area contributed by atoms with E-state index in [1.807, 2.05) is 22.8 Å². The van der Waals surface area contributed by atoms with Crippen molar-refractivity contribution >= 4 is 11.8 Å². The van der Waals surface area contributed by atoms with Crippen LogP contribution in [0.5, 0.6) is 11.5 Å². The Morgan fingerprint density at radius 3 is 2.89 bits per heavy atom.